The average molecular weight is 296 g/mol. The van der Waals surface area contributed by atoms with Crippen molar-refractivity contribution in [3.8, 4) is 16.4 Å². The van der Waals surface area contributed by atoms with Gasteiger partial charge in [0.15, 0.2) is 0 Å². The van der Waals surface area contributed by atoms with Crippen LogP contribution in [-0.4, -0.2) is 20.8 Å². The molecule has 0 unspecified atom stereocenters. The van der Waals surface area contributed by atoms with Crippen LogP contribution in [0.4, 0.5) is 0 Å². The maximum absolute atomic E-state index is 4.56. The molecule has 0 amide bonds. The van der Waals surface area contributed by atoms with Crippen molar-refractivity contribution in [2.24, 2.45) is 0 Å². The number of aromatic nitrogens is 3. The quantitative estimate of drug-likeness (QED) is 0.786. The minimum atomic E-state index is 0.692. The van der Waals surface area contributed by atoms with E-state index in [4.69, 9.17) is 0 Å². The first-order chi connectivity index (χ1) is 10.4. The van der Waals surface area contributed by atoms with Gasteiger partial charge in [-0.15, -0.1) is 11.3 Å². The monoisotopic (exact) mass is 296 g/mol. The van der Waals surface area contributed by atoms with Gasteiger partial charge < -0.3 is 5.32 Å². The van der Waals surface area contributed by atoms with Crippen LogP contribution < -0.4 is 5.32 Å². The first-order valence-corrected chi connectivity index (χ1v) is 8.05. The summed E-state index contributed by atoms with van der Waals surface area (Å²) in [5.41, 5.74) is 3.54. The lowest BCUT2D eigenvalue weighted by atomic mass is 10.1. The molecule has 21 heavy (non-hydrogen) atoms. The molecule has 1 aliphatic carbocycles. The van der Waals surface area contributed by atoms with Crippen LogP contribution in [0.3, 0.4) is 0 Å². The smallest absolute Gasteiger partial charge is 0.210 e. The van der Waals surface area contributed by atoms with Crippen molar-refractivity contribution in [3.05, 3.63) is 53.7 Å². The second-order valence-corrected chi connectivity index (χ2v) is 6.14. The fourth-order valence-electron chi connectivity index (χ4n) is 2.42. The molecule has 1 N–H and O–H groups in total. The van der Waals surface area contributed by atoms with Crippen molar-refractivity contribution in [2.45, 2.75) is 25.4 Å². The summed E-state index contributed by atoms with van der Waals surface area (Å²) in [7, 11) is 0. The predicted octanol–water partition coefficient (Wildman–Crippen LogP) is 3.25. The van der Waals surface area contributed by atoms with Crippen molar-refractivity contribution in [2.75, 3.05) is 0 Å². The topological polar surface area (TPSA) is 42.7 Å². The van der Waals surface area contributed by atoms with Gasteiger partial charge in [-0.3, -0.25) is 0 Å². The van der Waals surface area contributed by atoms with E-state index >= 15 is 0 Å². The zero-order chi connectivity index (χ0) is 14.1. The van der Waals surface area contributed by atoms with Gasteiger partial charge in [0, 0.05) is 35.3 Å². The van der Waals surface area contributed by atoms with Crippen LogP contribution in [0.1, 0.15) is 18.4 Å². The fourth-order valence-corrected chi connectivity index (χ4v) is 3.03. The molecule has 0 bridgehead atoms. The first-order valence-electron chi connectivity index (χ1n) is 7.17. The summed E-state index contributed by atoms with van der Waals surface area (Å²) < 4.78 is 1.95. The number of nitrogens with zero attached hydrogens (tertiary/aromatic N) is 3. The van der Waals surface area contributed by atoms with Gasteiger partial charge in [0.2, 0.25) is 5.13 Å². The molecule has 4 nitrogen and oxygen atoms in total. The number of benzene rings is 1. The molecule has 3 aromatic rings. The standard InChI is InChI=1S/C16H16N4S/c1-2-4-12(5-3-1)15-13(10-18-14-6-7-14)11-19-20(15)16-17-8-9-21-16/h1-5,8-9,11,14,18H,6-7,10H2. The highest BCUT2D eigenvalue weighted by Gasteiger charge is 2.22. The van der Waals surface area contributed by atoms with E-state index in [-0.39, 0.29) is 0 Å². The van der Waals surface area contributed by atoms with Crippen molar-refractivity contribution in [3.63, 3.8) is 0 Å². The Labute approximate surface area is 127 Å². The summed E-state index contributed by atoms with van der Waals surface area (Å²) in [6.45, 7) is 0.861. The third-order valence-corrected chi connectivity index (χ3v) is 4.40. The average Bonchev–Trinajstić information content (AvgIpc) is 3.03. The Kier molecular flexibility index (Phi) is 3.29. The van der Waals surface area contributed by atoms with Gasteiger partial charge in [0.05, 0.1) is 11.9 Å². The Balaban J connectivity index is 1.76. The van der Waals surface area contributed by atoms with Crippen LogP contribution >= 0.6 is 11.3 Å². The van der Waals surface area contributed by atoms with Gasteiger partial charge in [-0.05, 0) is 12.8 Å². The second kappa shape index (κ2) is 5.42. The van der Waals surface area contributed by atoms with Gasteiger partial charge >= 0.3 is 0 Å². The van der Waals surface area contributed by atoms with Gasteiger partial charge in [-0.1, -0.05) is 30.3 Å². The Hall–Kier alpha value is -1.98. The molecule has 2 heterocycles. The molecule has 0 saturated heterocycles. The molecule has 0 spiro atoms. The second-order valence-electron chi connectivity index (χ2n) is 5.27. The van der Waals surface area contributed by atoms with Gasteiger partial charge in [0.1, 0.15) is 0 Å². The highest BCUT2D eigenvalue weighted by atomic mass is 32.1. The van der Waals surface area contributed by atoms with E-state index in [9.17, 15) is 0 Å². The van der Waals surface area contributed by atoms with Crippen molar-refractivity contribution >= 4 is 11.3 Å². The third-order valence-electron chi connectivity index (χ3n) is 3.65. The maximum atomic E-state index is 4.56. The van der Waals surface area contributed by atoms with Crippen LogP contribution in [0.15, 0.2) is 48.1 Å². The van der Waals surface area contributed by atoms with Crippen molar-refractivity contribution in [1.82, 2.24) is 20.1 Å². The molecule has 0 aliphatic heterocycles. The van der Waals surface area contributed by atoms with E-state index in [1.54, 1.807) is 11.3 Å². The number of hydrogen-bond acceptors (Lipinski definition) is 4. The molecular formula is C16H16N4S. The van der Waals surface area contributed by atoms with E-state index in [1.165, 1.54) is 24.0 Å². The molecule has 0 atom stereocenters. The summed E-state index contributed by atoms with van der Waals surface area (Å²) >= 11 is 1.60. The predicted molar refractivity (Wildman–Crippen MR) is 84.5 cm³/mol. The molecule has 2 aromatic heterocycles. The summed E-state index contributed by atoms with van der Waals surface area (Å²) in [6.07, 6.45) is 6.36. The first kappa shape index (κ1) is 12.7. The van der Waals surface area contributed by atoms with Gasteiger partial charge in [0.25, 0.3) is 0 Å². The lowest BCUT2D eigenvalue weighted by molar-refractivity contribution is 0.688. The zero-order valence-electron chi connectivity index (χ0n) is 11.6. The van der Waals surface area contributed by atoms with Crippen LogP contribution in [-0.2, 0) is 6.54 Å². The molecule has 4 rings (SSSR count). The lowest BCUT2D eigenvalue weighted by Gasteiger charge is -2.08. The van der Waals surface area contributed by atoms with E-state index in [1.807, 2.05) is 28.5 Å². The van der Waals surface area contributed by atoms with Crippen molar-refractivity contribution < 1.29 is 0 Å². The molecule has 106 valence electrons. The maximum Gasteiger partial charge on any atom is 0.210 e. The van der Waals surface area contributed by atoms with E-state index in [2.05, 4.69) is 39.7 Å². The van der Waals surface area contributed by atoms with Crippen molar-refractivity contribution in [1.29, 1.82) is 0 Å². The molecule has 5 heteroatoms. The molecule has 1 aromatic carbocycles. The minimum absolute atomic E-state index is 0.692. The molecule has 1 saturated carbocycles. The number of hydrogen-bond donors (Lipinski definition) is 1. The molecule has 1 aliphatic rings. The largest absolute Gasteiger partial charge is 0.310 e. The lowest BCUT2D eigenvalue weighted by Crippen LogP contribution is -2.15. The summed E-state index contributed by atoms with van der Waals surface area (Å²) in [5.74, 6) is 0. The van der Waals surface area contributed by atoms with E-state index in [0.29, 0.717) is 6.04 Å². The highest BCUT2D eigenvalue weighted by Crippen LogP contribution is 2.28. The van der Waals surface area contributed by atoms with Crippen LogP contribution in [0.5, 0.6) is 0 Å². The molecule has 1 fully saturated rings. The summed E-state index contributed by atoms with van der Waals surface area (Å²) in [5, 5.41) is 11.0. The number of rotatable bonds is 5. The minimum Gasteiger partial charge on any atom is -0.310 e. The molecule has 0 radical (unpaired) electrons. The van der Waals surface area contributed by atoms with E-state index in [0.717, 1.165) is 17.4 Å². The highest BCUT2D eigenvalue weighted by molar-refractivity contribution is 7.12. The third kappa shape index (κ3) is 2.62. The van der Waals surface area contributed by atoms with Crippen LogP contribution in [0.25, 0.3) is 16.4 Å². The van der Waals surface area contributed by atoms with Crippen LogP contribution in [0, 0.1) is 0 Å². The SMILES string of the molecule is c1ccc(-c2c(CNC3CC3)cnn2-c2nccs2)cc1. The Morgan fingerprint density at radius 3 is 2.81 bits per heavy atom. The Bertz CT molecular complexity index is 714. The zero-order valence-corrected chi connectivity index (χ0v) is 12.4. The Morgan fingerprint density at radius 2 is 2.10 bits per heavy atom. The van der Waals surface area contributed by atoms with Gasteiger partial charge in [-0.2, -0.15) is 5.10 Å². The Morgan fingerprint density at radius 1 is 1.24 bits per heavy atom. The number of nitrogens with one attached hydrogen (secondary N) is 1. The normalized spacial score (nSPS) is 14.5. The van der Waals surface area contributed by atoms with Gasteiger partial charge in [-0.25, -0.2) is 9.67 Å². The summed E-state index contributed by atoms with van der Waals surface area (Å²) in [6, 6.07) is 11.1. The van der Waals surface area contributed by atoms with E-state index < -0.39 is 0 Å². The number of thiazole rings is 1. The summed E-state index contributed by atoms with van der Waals surface area (Å²) in [4.78, 5) is 4.39. The fraction of sp³-hybridized carbons (Fsp3) is 0.250. The molecular weight excluding hydrogens is 280 g/mol. The van der Waals surface area contributed by atoms with Crippen LogP contribution in [0.2, 0.25) is 0 Å².